The molecule has 0 saturated carbocycles. The predicted octanol–water partition coefficient (Wildman–Crippen LogP) is 4.85. The lowest BCUT2D eigenvalue weighted by atomic mass is 9.87. The Bertz CT molecular complexity index is 729. The molecular formula is C18H15F3. The topological polar surface area (TPSA) is 0 Å². The van der Waals surface area contributed by atoms with Gasteiger partial charge in [-0.05, 0) is 53.7 Å². The van der Waals surface area contributed by atoms with E-state index in [1.165, 1.54) is 12.1 Å². The minimum absolute atomic E-state index is 0.277. The van der Waals surface area contributed by atoms with E-state index < -0.39 is 11.6 Å². The van der Waals surface area contributed by atoms with Crippen molar-refractivity contribution in [2.24, 2.45) is 0 Å². The maximum atomic E-state index is 14.2. The van der Waals surface area contributed by atoms with E-state index in [0.29, 0.717) is 30.4 Å². The lowest BCUT2D eigenvalue weighted by Gasteiger charge is -2.18. The maximum Gasteiger partial charge on any atom is 0.166 e. The zero-order valence-electron chi connectivity index (χ0n) is 11.7. The fourth-order valence-corrected chi connectivity index (χ4v) is 2.78. The zero-order chi connectivity index (χ0) is 15.0. The van der Waals surface area contributed by atoms with Crippen LogP contribution < -0.4 is 0 Å². The Labute approximate surface area is 121 Å². The summed E-state index contributed by atoms with van der Waals surface area (Å²) in [6.07, 6.45) is 3.39. The Kier molecular flexibility index (Phi) is 3.58. The van der Waals surface area contributed by atoms with Crippen molar-refractivity contribution < 1.29 is 13.2 Å². The van der Waals surface area contributed by atoms with Gasteiger partial charge in [-0.15, -0.1) is 0 Å². The number of benzene rings is 2. The largest absolute Gasteiger partial charge is 0.207 e. The van der Waals surface area contributed by atoms with Crippen LogP contribution in [0.5, 0.6) is 0 Å². The van der Waals surface area contributed by atoms with Gasteiger partial charge in [-0.2, -0.15) is 0 Å². The van der Waals surface area contributed by atoms with Crippen molar-refractivity contribution in [2.75, 3.05) is 0 Å². The summed E-state index contributed by atoms with van der Waals surface area (Å²) in [4.78, 5) is 0. The van der Waals surface area contributed by atoms with Crippen LogP contribution in [0.3, 0.4) is 0 Å². The highest BCUT2D eigenvalue weighted by molar-refractivity contribution is 5.71. The molecule has 2 aromatic rings. The maximum absolute atomic E-state index is 14.2. The van der Waals surface area contributed by atoms with Crippen LogP contribution in [0.4, 0.5) is 13.2 Å². The van der Waals surface area contributed by atoms with E-state index in [1.807, 2.05) is 6.08 Å². The van der Waals surface area contributed by atoms with Crippen LogP contribution in [-0.2, 0) is 19.3 Å². The summed E-state index contributed by atoms with van der Waals surface area (Å²) in [6, 6.07) is 7.88. The number of aryl methyl sites for hydroxylation is 1. The fraction of sp³-hybridized carbons (Fsp3) is 0.222. The molecule has 0 radical (unpaired) electrons. The number of halogens is 3. The molecule has 1 aliphatic carbocycles. The van der Waals surface area contributed by atoms with Gasteiger partial charge in [0.2, 0.25) is 0 Å². The summed E-state index contributed by atoms with van der Waals surface area (Å²) in [5, 5.41) is 0. The second kappa shape index (κ2) is 5.40. The Morgan fingerprint density at radius 2 is 1.76 bits per heavy atom. The summed E-state index contributed by atoms with van der Waals surface area (Å²) < 4.78 is 41.4. The van der Waals surface area contributed by atoms with Crippen molar-refractivity contribution in [3.05, 3.63) is 76.1 Å². The molecule has 1 aliphatic rings. The molecule has 3 heteroatoms. The van der Waals surface area contributed by atoms with Crippen molar-refractivity contribution >= 4 is 5.57 Å². The molecule has 2 aromatic carbocycles. The summed E-state index contributed by atoms with van der Waals surface area (Å²) in [7, 11) is 0. The van der Waals surface area contributed by atoms with Crippen LogP contribution in [-0.4, -0.2) is 0 Å². The van der Waals surface area contributed by atoms with Crippen LogP contribution in [0.15, 0.2) is 36.4 Å². The van der Waals surface area contributed by atoms with Gasteiger partial charge < -0.3 is 0 Å². The molecule has 0 fully saturated rings. The van der Waals surface area contributed by atoms with E-state index in [-0.39, 0.29) is 11.4 Å². The van der Waals surface area contributed by atoms with E-state index >= 15 is 0 Å². The zero-order valence-corrected chi connectivity index (χ0v) is 11.7. The first-order valence-corrected chi connectivity index (χ1v) is 7.03. The Morgan fingerprint density at radius 1 is 0.952 bits per heavy atom. The summed E-state index contributed by atoms with van der Waals surface area (Å²) in [6.45, 7) is 1.79. The summed E-state index contributed by atoms with van der Waals surface area (Å²) >= 11 is 0. The van der Waals surface area contributed by atoms with E-state index in [9.17, 15) is 13.2 Å². The van der Waals surface area contributed by atoms with Crippen LogP contribution >= 0.6 is 0 Å². The number of fused-ring (bicyclic) bond motifs is 1. The van der Waals surface area contributed by atoms with Crippen LogP contribution in [0.25, 0.3) is 5.57 Å². The van der Waals surface area contributed by atoms with Gasteiger partial charge in [-0.3, -0.25) is 0 Å². The molecule has 108 valence electrons. The second-order valence-electron chi connectivity index (χ2n) is 5.28. The molecule has 21 heavy (non-hydrogen) atoms. The molecule has 0 saturated heterocycles. The average Bonchev–Trinajstić information content (AvgIpc) is 2.49. The Hall–Kier alpha value is -2.03. The molecule has 0 bridgehead atoms. The average molecular weight is 288 g/mol. The van der Waals surface area contributed by atoms with Crippen molar-refractivity contribution in [2.45, 2.75) is 26.2 Å². The highest BCUT2D eigenvalue weighted by atomic mass is 19.2. The van der Waals surface area contributed by atoms with Crippen molar-refractivity contribution in [1.82, 2.24) is 0 Å². The van der Waals surface area contributed by atoms with Gasteiger partial charge in [0.15, 0.2) is 11.6 Å². The number of hydrogen-bond donors (Lipinski definition) is 0. The summed E-state index contributed by atoms with van der Waals surface area (Å²) in [5.41, 5.74) is 3.24. The van der Waals surface area contributed by atoms with Crippen LogP contribution in [0.1, 0.15) is 29.2 Å². The van der Waals surface area contributed by atoms with Crippen molar-refractivity contribution in [3.63, 3.8) is 0 Å². The van der Waals surface area contributed by atoms with E-state index in [4.69, 9.17) is 0 Å². The molecular weight excluding hydrogens is 273 g/mol. The van der Waals surface area contributed by atoms with E-state index in [1.54, 1.807) is 25.1 Å². The van der Waals surface area contributed by atoms with Gasteiger partial charge in [0.25, 0.3) is 0 Å². The Morgan fingerprint density at radius 3 is 2.52 bits per heavy atom. The molecule has 0 aliphatic heterocycles. The van der Waals surface area contributed by atoms with Gasteiger partial charge in [-0.1, -0.05) is 31.2 Å². The highest BCUT2D eigenvalue weighted by Crippen LogP contribution is 2.31. The third kappa shape index (κ3) is 2.48. The quantitative estimate of drug-likeness (QED) is 0.741. The molecule has 0 N–H and O–H groups in total. The van der Waals surface area contributed by atoms with Crippen LogP contribution in [0.2, 0.25) is 0 Å². The van der Waals surface area contributed by atoms with E-state index in [0.717, 1.165) is 11.1 Å². The standard InChI is InChI=1S/C18H15F3/c1-2-11-6-8-16(18(21)17(11)20)13-4-3-12-5-7-15(19)10-14(12)9-13/h4-8,10H,2-3,9H2,1H3. The van der Waals surface area contributed by atoms with Crippen molar-refractivity contribution in [1.29, 1.82) is 0 Å². The van der Waals surface area contributed by atoms with Gasteiger partial charge in [0, 0.05) is 5.56 Å². The smallest absolute Gasteiger partial charge is 0.166 e. The molecule has 0 atom stereocenters. The molecule has 0 spiro atoms. The molecule has 0 amide bonds. The third-order valence-electron chi connectivity index (χ3n) is 4.01. The fourth-order valence-electron chi connectivity index (χ4n) is 2.78. The molecule has 3 rings (SSSR count). The minimum atomic E-state index is -0.805. The van der Waals surface area contributed by atoms with E-state index in [2.05, 4.69) is 0 Å². The lowest BCUT2D eigenvalue weighted by Crippen LogP contribution is -2.06. The van der Waals surface area contributed by atoms with Gasteiger partial charge in [0.05, 0.1) is 0 Å². The predicted molar refractivity (Wildman–Crippen MR) is 77.5 cm³/mol. The molecule has 0 nitrogen and oxygen atoms in total. The van der Waals surface area contributed by atoms with Crippen LogP contribution in [0, 0.1) is 17.5 Å². The Balaban J connectivity index is 2.00. The minimum Gasteiger partial charge on any atom is -0.207 e. The second-order valence-corrected chi connectivity index (χ2v) is 5.28. The number of allylic oxidation sites excluding steroid dienone is 2. The molecule has 0 heterocycles. The third-order valence-corrected chi connectivity index (χ3v) is 4.01. The highest BCUT2D eigenvalue weighted by Gasteiger charge is 2.19. The van der Waals surface area contributed by atoms with Crippen molar-refractivity contribution in [3.8, 4) is 0 Å². The van der Waals surface area contributed by atoms with Gasteiger partial charge in [0.1, 0.15) is 5.82 Å². The monoisotopic (exact) mass is 288 g/mol. The first kappa shape index (κ1) is 13.9. The van der Waals surface area contributed by atoms with Gasteiger partial charge >= 0.3 is 0 Å². The SMILES string of the molecule is CCc1ccc(C2=CCc3ccc(F)cc3C2)c(F)c1F. The molecule has 0 unspecified atom stereocenters. The first-order chi connectivity index (χ1) is 10.1. The lowest BCUT2D eigenvalue weighted by molar-refractivity contribution is 0.497. The first-order valence-electron chi connectivity index (χ1n) is 7.03. The summed E-state index contributed by atoms with van der Waals surface area (Å²) in [5.74, 6) is -1.88. The number of hydrogen-bond acceptors (Lipinski definition) is 0. The molecule has 0 aromatic heterocycles. The number of rotatable bonds is 2. The van der Waals surface area contributed by atoms with Gasteiger partial charge in [-0.25, -0.2) is 13.2 Å². The normalized spacial score (nSPS) is 13.8.